The average Bonchev–Trinajstić information content (AvgIpc) is 3.02. The highest BCUT2D eigenvalue weighted by atomic mass is 16.1. The molecule has 2 heteroatoms. The molecule has 0 saturated heterocycles. The summed E-state index contributed by atoms with van der Waals surface area (Å²) in [6.07, 6.45) is 10.9. The van der Waals surface area contributed by atoms with Gasteiger partial charge in [0.05, 0.1) is 0 Å². The van der Waals surface area contributed by atoms with Crippen molar-refractivity contribution in [2.75, 3.05) is 6.54 Å². The van der Waals surface area contributed by atoms with Gasteiger partial charge in [0.15, 0.2) is 0 Å². The van der Waals surface area contributed by atoms with Gasteiger partial charge in [-0.05, 0) is 68.6 Å². The summed E-state index contributed by atoms with van der Waals surface area (Å²) in [6, 6.07) is 0. The maximum absolute atomic E-state index is 12.8. The maximum atomic E-state index is 12.8. The fourth-order valence-electron chi connectivity index (χ4n) is 4.99. The SMILES string of the molecule is CC1CCC(CN)(C(=O)CC2CC3CCC2C3)CC1. The van der Waals surface area contributed by atoms with Crippen molar-refractivity contribution in [1.29, 1.82) is 0 Å². The summed E-state index contributed by atoms with van der Waals surface area (Å²) < 4.78 is 0. The van der Waals surface area contributed by atoms with Crippen LogP contribution in [0.1, 0.15) is 64.7 Å². The zero-order valence-corrected chi connectivity index (χ0v) is 12.4. The number of hydrogen-bond acceptors (Lipinski definition) is 2. The van der Waals surface area contributed by atoms with Gasteiger partial charge in [-0.15, -0.1) is 0 Å². The number of nitrogens with two attached hydrogens (primary N) is 1. The number of rotatable bonds is 4. The van der Waals surface area contributed by atoms with Crippen LogP contribution in [0.5, 0.6) is 0 Å². The third-order valence-electron chi connectivity index (χ3n) is 6.55. The molecule has 108 valence electrons. The first kappa shape index (κ1) is 13.6. The molecule has 0 aromatic heterocycles. The van der Waals surface area contributed by atoms with Crippen molar-refractivity contribution in [3.8, 4) is 0 Å². The first-order chi connectivity index (χ1) is 9.13. The van der Waals surface area contributed by atoms with Crippen LogP contribution in [0.4, 0.5) is 0 Å². The van der Waals surface area contributed by atoms with Crippen molar-refractivity contribution in [1.82, 2.24) is 0 Å². The Morgan fingerprint density at radius 2 is 1.89 bits per heavy atom. The van der Waals surface area contributed by atoms with E-state index >= 15 is 0 Å². The lowest BCUT2D eigenvalue weighted by molar-refractivity contribution is -0.132. The van der Waals surface area contributed by atoms with Gasteiger partial charge in [0.2, 0.25) is 0 Å². The van der Waals surface area contributed by atoms with E-state index in [-0.39, 0.29) is 5.41 Å². The largest absolute Gasteiger partial charge is 0.329 e. The topological polar surface area (TPSA) is 43.1 Å². The monoisotopic (exact) mass is 263 g/mol. The van der Waals surface area contributed by atoms with Crippen molar-refractivity contribution in [3.63, 3.8) is 0 Å². The van der Waals surface area contributed by atoms with Crippen LogP contribution in [-0.2, 0) is 4.79 Å². The normalized spacial score (nSPS) is 45.6. The van der Waals surface area contributed by atoms with Crippen molar-refractivity contribution < 1.29 is 4.79 Å². The zero-order chi connectivity index (χ0) is 13.5. The van der Waals surface area contributed by atoms with Crippen LogP contribution in [-0.4, -0.2) is 12.3 Å². The molecular formula is C17H29NO. The second-order valence-electron chi connectivity index (χ2n) is 7.73. The highest BCUT2D eigenvalue weighted by molar-refractivity contribution is 5.85. The van der Waals surface area contributed by atoms with Crippen molar-refractivity contribution in [3.05, 3.63) is 0 Å². The van der Waals surface area contributed by atoms with Gasteiger partial charge in [-0.25, -0.2) is 0 Å². The number of ketones is 1. The standard InChI is InChI=1S/C17H29NO/c1-12-4-6-17(11-18,7-5-12)16(19)10-15-9-13-2-3-14(15)8-13/h12-15H,2-11,18H2,1H3. The minimum atomic E-state index is -0.145. The van der Waals surface area contributed by atoms with E-state index in [9.17, 15) is 4.79 Å². The molecule has 0 aliphatic heterocycles. The summed E-state index contributed by atoms with van der Waals surface area (Å²) in [5.41, 5.74) is 5.87. The number of carbonyl (C=O) groups is 1. The molecule has 0 aromatic carbocycles. The fraction of sp³-hybridized carbons (Fsp3) is 0.941. The van der Waals surface area contributed by atoms with Gasteiger partial charge in [-0.3, -0.25) is 4.79 Å². The molecule has 19 heavy (non-hydrogen) atoms. The van der Waals surface area contributed by atoms with Crippen LogP contribution in [0.2, 0.25) is 0 Å². The zero-order valence-electron chi connectivity index (χ0n) is 12.4. The number of hydrogen-bond donors (Lipinski definition) is 1. The van der Waals surface area contributed by atoms with Gasteiger partial charge < -0.3 is 5.73 Å². The van der Waals surface area contributed by atoms with Gasteiger partial charge >= 0.3 is 0 Å². The van der Waals surface area contributed by atoms with Crippen LogP contribution in [0, 0.1) is 29.1 Å². The lowest BCUT2D eigenvalue weighted by Gasteiger charge is -2.38. The Hall–Kier alpha value is -0.370. The molecule has 3 saturated carbocycles. The molecule has 0 aromatic rings. The average molecular weight is 263 g/mol. The van der Waals surface area contributed by atoms with Crippen LogP contribution >= 0.6 is 0 Å². The van der Waals surface area contributed by atoms with Crippen molar-refractivity contribution in [2.24, 2.45) is 34.8 Å². The minimum Gasteiger partial charge on any atom is -0.329 e. The van der Waals surface area contributed by atoms with E-state index in [2.05, 4.69) is 6.92 Å². The van der Waals surface area contributed by atoms with Crippen LogP contribution < -0.4 is 5.73 Å². The Morgan fingerprint density at radius 1 is 1.16 bits per heavy atom. The summed E-state index contributed by atoms with van der Waals surface area (Å²) in [7, 11) is 0. The van der Waals surface area contributed by atoms with E-state index in [1.165, 1.54) is 38.5 Å². The van der Waals surface area contributed by atoms with E-state index in [4.69, 9.17) is 5.73 Å². The molecule has 3 atom stereocenters. The molecule has 0 amide bonds. The first-order valence-electron chi connectivity index (χ1n) is 8.36. The Labute approximate surface area is 117 Å². The van der Waals surface area contributed by atoms with E-state index in [1.807, 2.05) is 0 Å². The summed E-state index contributed by atoms with van der Waals surface area (Å²) in [5, 5.41) is 0. The van der Waals surface area contributed by atoms with Gasteiger partial charge in [0.1, 0.15) is 5.78 Å². The molecule has 3 fully saturated rings. The quantitative estimate of drug-likeness (QED) is 0.843. The van der Waals surface area contributed by atoms with Crippen LogP contribution in [0.3, 0.4) is 0 Å². The van der Waals surface area contributed by atoms with Gasteiger partial charge in [-0.2, -0.15) is 0 Å². The molecule has 2 bridgehead atoms. The predicted molar refractivity (Wildman–Crippen MR) is 77.7 cm³/mol. The second kappa shape index (κ2) is 5.20. The van der Waals surface area contributed by atoms with E-state index in [0.717, 1.165) is 37.0 Å². The van der Waals surface area contributed by atoms with Gasteiger partial charge in [0, 0.05) is 18.4 Å². The number of Topliss-reactive ketones (excluding diaryl/α,β-unsaturated/α-hetero) is 1. The molecule has 2 N–H and O–H groups in total. The Kier molecular flexibility index (Phi) is 3.72. The van der Waals surface area contributed by atoms with Crippen molar-refractivity contribution in [2.45, 2.75) is 64.7 Å². The Morgan fingerprint density at radius 3 is 2.42 bits per heavy atom. The van der Waals surface area contributed by atoms with Gasteiger partial charge in [-0.1, -0.05) is 13.3 Å². The summed E-state index contributed by atoms with van der Waals surface area (Å²) in [6.45, 7) is 2.89. The van der Waals surface area contributed by atoms with Gasteiger partial charge in [0.25, 0.3) is 0 Å². The second-order valence-corrected chi connectivity index (χ2v) is 7.73. The molecular weight excluding hydrogens is 234 g/mol. The Bertz CT molecular complexity index is 343. The molecule has 2 nitrogen and oxygen atoms in total. The van der Waals surface area contributed by atoms with Crippen molar-refractivity contribution >= 4 is 5.78 Å². The maximum Gasteiger partial charge on any atom is 0.140 e. The lowest BCUT2D eigenvalue weighted by Crippen LogP contribution is -2.42. The first-order valence-corrected chi connectivity index (χ1v) is 8.36. The highest BCUT2D eigenvalue weighted by Gasteiger charge is 2.44. The molecule has 0 spiro atoms. The highest BCUT2D eigenvalue weighted by Crippen LogP contribution is 2.51. The Balaban J connectivity index is 1.62. The lowest BCUT2D eigenvalue weighted by atomic mass is 9.66. The predicted octanol–water partition coefficient (Wildman–Crippen LogP) is 3.54. The summed E-state index contributed by atoms with van der Waals surface area (Å²) in [4.78, 5) is 12.8. The summed E-state index contributed by atoms with van der Waals surface area (Å²) in [5.74, 6) is 3.82. The van der Waals surface area contributed by atoms with Crippen LogP contribution in [0.15, 0.2) is 0 Å². The molecule has 3 aliphatic rings. The molecule has 0 heterocycles. The minimum absolute atomic E-state index is 0.145. The summed E-state index contributed by atoms with van der Waals surface area (Å²) >= 11 is 0. The molecule has 3 unspecified atom stereocenters. The fourth-order valence-corrected chi connectivity index (χ4v) is 4.99. The number of carbonyl (C=O) groups excluding carboxylic acids is 1. The van der Waals surface area contributed by atoms with E-state index in [0.29, 0.717) is 18.2 Å². The van der Waals surface area contributed by atoms with E-state index in [1.54, 1.807) is 0 Å². The third-order valence-corrected chi connectivity index (χ3v) is 6.55. The molecule has 3 rings (SSSR count). The third kappa shape index (κ3) is 2.49. The van der Waals surface area contributed by atoms with Crippen LogP contribution in [0.25, 0.3) is 0 Å². The number of fused-ring (bicyclic) bond motifs is 2. The molecule has 3 aliphatic carbocycles. The van der Waals surface area contributed by atoms with E-state index < -0.39 is 0 Å². The smallest absolute Gasteiger partial charge is 0.140 e. The molecule has 0 radical (unpaired) electrons.